The highest BCUT2D eigenvalue weighted by atomic mass is 16.7. The first-order valence-corrected chi connectivity index (χ1v) is 10.1. The number of aliphatic hydroxyl groups is 2. The highest BCUT2D eigenvalue weighted by Gasteiger charge is 2.69. The Labute approximate surface area is 176 Å². The summed E-state index contributed by atoms with van der Waals surface area (Å²) in [5, 5.41) is 21.8. The van der Waals surface area contributed by atoms with Crippen LogP contribution in [0.25, 0.3) is 6.08 Å². The second kappa shape index (κ2) is 8.51. The number of ether oxygens (including phenoxy) is 3. The minimum Gasteiger partial charge on any atom is -0.496 e. The lowest BCUT2D eigenvalue weighted by molar-refractivity contribution is -0.144. The average molecular weight is 418 g/mol. The van der Waals surface area contributed by atoms with E-state index in [0.29, 0.717) is 17.9 Å². The van der Waals surface area contributed by atoms with Crippen LogP contribution in [0.15, 0.2) is 45.7 Å². The van der Waals surface area contributed by atoms with Crippen LogP contribution in [0.3, 0.4) is 0 Å². The van der Waals surface area contributed by atoms with Gasteiger partial charge in [-0.05, 0) is 33.3 Å². The lowest BCUT2D eigenvalue weighted by atomic mass is 9.69. The molecule has 0 amide bonds. The molecular formula is C23H30O7. The van der Waals surface area contributed by atoms with E-state index < -0.39 is 35.1 Å². The van der Waals surface area contributed by atoms with Gasteiger partial charge in [0.15, 0.2) is 6.29 Å². The van der Waals surface area contributed by atoms with E-state index in [2.05, 4.69) is 0 Å². The summed E-state index contributed by atoms with van der Waals surface area (Å²) >= 11 is 0. The summed E-state index contributed by atoms with van der Waals surface area (Å²) in [6.45, 7) is 7.24. The van der Waals surface area contributed by atoms with Gasteiger partial charge in [-0.3, -0.25) is 0 Å². The minimum atomic E-state index is -1.19. The number of rotatable bonds is 6. The van der Waals surface area contributed by atoms with E-state index in [1.54, 1.807) is 57.2 Å². The van der Waals surface area contributed by atoms with Crippen molar-refractivity contribution < 1.29 is 28.8 Å². The van der Waals surface area contributed by atoms with E-state index in [-0.39, 0.29) is 6.10 Å². The molecule has 30 heavy (non-hydrogen) atoms. The van der Waals surface area contributed by atoms with Crippen LogP contribution >= 0.6 is 0 Å². The zero-order valence-corrected chi connectivity index (χ0v) is 18.0. The number of aliphatic hydroxyl groups excluding tert-OH is 1. The quantitative estimate of drug-likeness (QED) is 0.686. The van der Waals surface area contributed by atoms with E-state index in [1.807, 2.05) is 6.92 Å². The molecule has 7 nitrogen and oxygen atoms in total. The minimum absolute atomic E-state index is 0.378. The molecule has 0 bridgehead atoms. The summed E-state index contributed by atoms with van der Waals surface area (Å²) in [5.74, 6) is 0.901. The zero-order valence-electron chi connectivity index (χ0n) is 18.0. The molecule has 164 valence electrons. The molecule has 0 saturated carbocycles. The maximum absolute atomic E-state index is 11.6. The Balaban J connectivity index is 1.65. The van der Waals surface area contributed by atoms with Gasteiger partial charge in [-0.1, -0.05) is 37.3 Å². The Morgan fingerprint density at radius 2 is 1.90 bits per heavy atom. The van der Waals surface area contributed by atoms with E-state index >= 15 is 0 Å². The summed E-state index contributed by atoms with van der Waals surface area (Å²) in [6, 6.07) is 1.30. The summed E-state index contributed by atoms with van der Waals surface area (Å²) in [6.07, 6.45) is 8.53. The Morgan fingerprint density at radius 1 is 1.20 bits per heavy atom. The summed E-state index contributed by atoms with van der Waals surface area (Å²) in [7, 11) is 1.50. The number of fused-ring (bicyclic) bond motifs is 1. The maximum atomic E-state index is 11.6. The Morgan fingerprint density at radius 3 is 2.53 bits per heavy atom. The fraction of sp³-hybridized carbons (Fsp3) is 0.522. The van der Waals surface area contributed by atoms with Crippen LogP contribution in [0.2, 0.25) is 0 Å². The van der Waals surface area contributed by atoms with Crippen molar-refractivity contribution in [3.63, 3.8) is 0 Å². The molecule has 2 aliphatic heterocycles. The first-order valence-electron chi connectivity index (χ1n) is 10.1. The van der Waals surface area contributed by atoms with Gasteiger partial charge in [0.25, 0.3) is 0 Å². The second-order valence-corrected chi connectivity index (χ2v) is 8.09. The third-order valence-electron chi connectivity index (χ3n) is 6.37. The Hall–Kier alpha value is -2.19. The third-order valence-corrected chi connectivity index (χ3v) is 6.37. The van der Waals surface area contributed by atoms with Crippen LogP contribution in [0.5, 0.6) is 5.75 Å². The summed E-state index contributed by atoms with van der Waals surface area (Å²) in [5.41, 5.74) is -1.84. The molecule has 1 aromatic rings. The van der Waals surface area contributed by atoms with Gasteiger partial charge in [0.2, 0.25) is 0 Å². The number of methoxy groups -OCH3 is 1. The number of allylic oxidation sites excluding steroid dienone is 4. The van der Waals surface area contributed by atoms with Gasteiger partial charge in [-0.25, -0.2) is 4.79 Å². The largest absolute Gasteiger partial charge is 0.496 e. The predicted molar refractivity (Wildman–Crippen MR) is 112 cm³/mol. The lowest BCUT2D eigenvalue weighted by Crippen LogP contribution is -2.54. The average Bonchev–Trinajstić information content (AvgIpc) is 3.07. The molecule has 6 unspecified atom stereocenters. The molecule has 6 atom stereocenters. The molecule has 0 aliphatic carbocycles. The van der Waals surface area contributed by atoms with Crippen LogP contribution in [0.4, 0.5) is 0 Å². The highest BCUT2D eigenvalue weighted by Crippen LogP contribution is 2.55. The Bertz CT molecular complexity index is 911. The summed E-state index contributed by atoms with van der Waals surface area (Å²) in [4.78, 5) is 11.6. The van der Waals surface area contributed by atoms with Crippen LogP contribution < -0.4 is 10.4 Å². The Kier molecular flexibility index (Phi) is 6.38. The molecule has 0 aromatic carbocycles. The van der Waals surface area contributed by atoms with Crippen LogP contribution in [-0.2, 0) is 9.47 Å². The van der Waals surface area contributed by atoms with Crippen molar-refractivity contribution in [2.24, 2.45) is 5.41 Å². The zero-order chi connectivity index (χ0) is 22.1. The monoisotopic (exact) mass is 418 g/mol. The third kappa shape index (κ3) is 3.67. The predicted octanol–water partition coefficient (Wildman–Crippen LogP) is 2.73. The topological polar surface area (TPSA) is 98.4 Å². The first kappa shape index (κ1) is 22.5. The van der Waals surface area contributed by atoms with Gasteiger partial charge in [-0.15, -0.1) is 0 Å². The molecular weight excluding hydrogens is 388 g/mol. The van der Waals surface area contributed by atoms with Crippen molar-refractivity contribution >= 4 is 6.08 Å². The molecule has 0 radical (unpaired) electrons. The van der Waals surface area contributed by atoms with Crippen molar-refractivity contribution in [2.75, 3.05) is 7.11 Å². The molecule has 3 rings (SSSR count). The molecule has 2 N–H and O–H groups in total. The molecule has 7 heteroatoms. The molecule has 2 fully saturated rings. The molecule has 1 aromatic heterocycles. The van der Waals surface area contributed by atoms with Gasteiger partial charge in [0.1, 0.15) is 23.2 Å². The van der Waals surface area contributed by atoms with E-state index in [1.165, 1.54) is 13.2 Å². The first-order chi connectivity index (χ1) is 14.2. The van der Waals surface area contributed by atoms with Crippen molar-refractivity contribution in [1.29, 1.82) is 0 Å². The normalized spacial score (nSPS) is 36.4. The fourth-order valence-corrected chi connectivity index (χ4v) is 4.19. The SMILES string of the molecule is CCC1OC2OC(\C=C/C=C/C=C/c3oc(=O)cc(OC)c3C)C(O)C2(C)C1(C)O. The van der Waals surface area contributed by atoms with Crippen molar-refractivity contribution in [1.82, 2.24) is 0 Å². The van der Waals surface area contributed by atoms with Crippen molar-refractivity contribution in [2.45, 2.75) is 64.3 Å². The number of hydrogen-bond acceptors (Lipinski definition) is 7. The van der Waals surface area contributed by atoms with Gasteiger partial charge in [0.05, 0.1) is 30.8 Å². The van der Waals surface area contributed by atoms with Crippen LogP contribution in [0.1, 0.15) is 38.5 Å². The second-order valence-electron chi connectivity index (χ2n) is 8.09. The van der Waals surface area contributed by atoms with E-state index in [9.17, 15) is 15.0 Å². The fourth-order valence-electron chi connectivity index (χ4n) is 4.19. The van der Waals surface area contributed by atoms with Gasteiger partial charge in [-0.2, -0.15) is 0 Å². The summed E-state index contributed by atoms with van der Waals surface area (Å²) < 4.78 is 22.0. The highest BCUT2D eigenvalue weighted by molar-refractivity contribution is 5.52. The van der Waals surface area contributed by atoms with Crippen molar-refractivity contribution in [3.8, 4) is 5.75 Å². The van der Waals surface area contributed by atoms with Crippen LogP contribution in [0, 0.1) is 12.3 Å². The molecule has 2 aliphatic rings. The molecule has 3 heterocycles. The van der Waals surface area contributed by atoms with Gasteiger partial charge >= 0.3 is 5.63 Å². The molecule has 0 spiro atoms. The van der Waals surface area contributed by atoms with Gasteiger partial charge < -0.3 is 28.8 Å². The lowest BCUT2D eigenvalue weighted by Gasteiger charge is -2.38. The van der Waals surface area contributed by atoms with E-state index in [0.717, 1.165) is 5.56 Å². The maximum Gasteiger partial charge on any atom is 0.339 e. The van der Waals surface area contributed by atoms with Gasteiger partial charge in [0, 0.05) is 5.56 Å². The smallest absolute Gasteiger partial charge is 0.339 e. The van der Waals surface area contributed by atoms with Crippen molar-refractivity contribution in [3.05, 3.63) is 58.2 Å². The van der Waals surface area contributed by atoms with Crippen LogP contribution in [-0.4, -0.2) is 47.5 Å². The number of hydrogen-bond donors (Lipinski definition) is 2. The standard InChI is InChI=1S/C23H30O7/c1-6-18-23(4,26)22(3)20(25)16(29-21(22)30-18)12-10-8-7-9-11-15-14(2)17(27-5)13-19(24)28-15/h7-13,16,18,20-21,25-26H,6H2,1-5H3/b8-7+,11-9+,12-10-. The van der Waals surface area contributed by atoms with E-state index in [4.69, 9.17) is 18.6 Å². The molecule has 2 saturated heterocycles.